The first-order valence-corrected chi connectivity index (χ1v) is 12.3. The molecule has 0 radical (unpaired) electrons. The Morgan fingerprint density at radius 2 is 1.08 bits per heavy atom. The molecule has 2 rings (SSSR count). The summed E-state index contributed by atoms with van der Waals surface area (Å²) < 4.78 is 0. The van der Waals surface area contributed by atoms with E-state index in [0.717, 1.165) is 5.56 Å². The monoisotopic (exact) mass is 537 g/mol. The van der Waals surface area contributed by atoms with Crippen molar-refractivity contribution in [1.82, 2.24) is 14.7 Å². The van der Waals surface area contributed by atoms with E-state index in [4.69, 9.17) is 0 Å². The van der Waals surface area contributed by atoms with Crippen LogP contribution in [0.2, 0.25) is 0 Å². The first kappa shape index (κ1) is 30.7. The molecule has 1 fully saturated rings. The van der Waals surface area contributed by atoms with Crippen LogP contribution in [0, 0.1) is 0 Å². The van der Waals surface area contributed by atoms with Gasteiger partial charge in [-0.15, -0.1) is 0 Å². The summed E-state index contributed by atoms with van der Waals surface area (Å²) in [4.78, 5) is 62.3. The molecule has 0 heterocycles. The normalized spacial score (nSPS) is 18.4. The Hall–Kier alpha value is -3.55. The fraction of sp³-hybridized carbons (Fsp3) is 0.560. The van der Waals surface area contributed by atoms with E-state index in [1.165, 1.54) is 9.80 Å². The third-order valence-corrected chi connectivity index (χ3v) is 6.60. The molecule has 1 aliphatic carbocycles. The van der Waals surface area contributed by atoms with E-state index < -0.39 is 80.7 Å². The summed E-state index contributed by atoms with van der Waals surface area (Å²) >= 11 is 0. The van der Waals surface area contributed by atoms with Crippen LogP contribution in [-0.2, 0) is 30.4 Å². The van der Waals surface area contributed by atoms with Crippen LogP contribution >= 0.6 is 0 Å². The maximum Gasteiger partial charge on any atom is 0.317 e. The first-order chi connectivity index (χ1) is 18.0. The zero-order valence-corrected chi connectivity index (χ0v) is 21.0. The van der Waals surface area contributed by atoms with Crippen molar-refractivity contribution >= 4 is 29.8 Å². The number of benzene rings is 1. The van der Waals surface area contributed by atoms with E-state index in [9.17, 15) is 49.5 Å². The van der Waals surface area contributed by atoms with Gasteiger partial charge in [0.15, 0.2) is 0 Å². The van der Waals surface area contributed by atoms with Crippen LogP contribution in [0.25, 0.3) is 0 Å². The average Bonchev–Trinajstić information content (AvgIpc) is 2.81. The summed E-state index contributed by atoms with van der Waals surface area (Å²) in [5.74, 6) is -6.07. The van der Waals surface area contributed by atoms with E-state index in [0.29, 0.717) is 25.7 Å². The van der Waals surface area contributed by atoms with Crippen LogP contribution in [0.5, 0.6) is 0 Å². The summed E-state index contributed by atoms with van der Waals surface area (Å²) in [5, 5.41) is 47.4. The van der Waals surface area contributed by atoms with Crippen molar-refractivity contribution in [2.45, 2.75) is 50.2 Å². The van der Waals surface area contributed by atoms with Crippen molar-refractivity contribution in [3.63, 3.8) is 0 Å². The van der Waals surface area contributed by atoms with Gasteiger partial charge in [0.1, 0.15) is 0 Å². The highest BCUT2D eigenvalue weighted by molar-refractivity contribution is 5.73. The lowest BCUT2D eigenvalue weighted by Crippen LogP contribution is -2.59. The zero-order chi connectivity index (χ0) is 28.2. The Morgan fingerprint density at radius 1 is 0.658 bits per heavy atom. The zero-order valence-electron chi connectivity index (χ0n) is 21.0. The Bertz CT molecular complexity index is 941. The topological polar surface area (TPSA) is 196 Å². The molecule has 13 heteroatoms. The highest BCUT2D eigenvalue weighted by Crippen LogP contribution is 2.28. The van der Waals surface area contributed by atoms with E-state index >= 15 is 0 Å². The molecule has 0 spiro atoms. The molecule has 13 nitrogen and oxygen atoms in total. The van der Waals surface area contributed by atoms with Crippen molar-refractivity contribution in [3.05, 3.63) is 35.9 Å². The minimum Gasteiger partial charge on any atom is -0.480 e. The molecule has 1 aliphatic rings. The van der Waals surface area contributed by atoms with Gasteiger partial charge in [0, 0.05) is 24.7 Å². The Labute approximate surface area is 219 Å². The van der Waals surface area contributed by atoms with Crippen LogP contribution in [-0.4, -0.2) is 127 Å². The summed E-state index contributed by atoms with van der Waals surface area (Å²) in [6, 6.07) is 7.17. The molecule has 1 aromatic rings. The molecule has 1 saturated carbocycles. The summed E-state index contributed by atoms with van der Waals surface area (Å²) in [5.41, 5.74) is 0.798. The molecular weight excluding hydrogens is 502 g/mol. The van der Waals surface area contributed by atoms with Gasteiger partial charge >= 0.3 is 29.8 Å². The summed E-state index contributed by atoms with van der Waals surface area (Å²) in [6.07, 6.45) is 2.59. The lowest BCUT2D eigenvalue weighted by Gasteiger charge is -2.45. The van der Waals surface area contributed by atoms with E-state index in [1.807, 2.05) is 0 Å². The number of carbonyl (C=O) groups is 5. The van der Waals surface area contributed by atoms with Crippen LogP contribution in [0.3, 0.4) is 0 Å². The fourth-order valence-electron chi connectivity index (χ4n) is 5.20. The van der Waals surface area contributed by atoms with E-state index in [-0.39, 0.29) is 13.0 Å². The molecule has 0 aliphatic heterocycles. The maximum absolute atomic E-state index is 11.9. The SMILES string of the molecule is O=C(O)CN(CC(=O)O)[C@@H](Cc1ccccc1)CN(CC(=O)O)[C@@H]1CCCC[C@@H]1N(CC(=O)O)CC(=O)O. The molecule has 0 amide bonds. The van der Waals surface area contributed by atoms with Crippen molar-refractivity contribution in [3.8, 4) is 0 Å². The second kappa shape index (κ2) is 15.0. The third kappa shape index (κ3) is 10.4. The second-order valence-corrected chi connectivity index (χ2v) is 9.47. The van der Waals surface area contributed by atoms with E-state index in [2.05, 4.69) is 0 Å². The van der Waals surface area contributed by atoms with Gasteiger partial charge < -0.3 is 25.5 Å². The number of carboxylic acids is 5. The van der Waals surface area contributed by atoms with Crippen molar-refractivity contribution in [2.24, 2.45) is 0 Å². The number of hydrogen-bond acceptors (Lipinski definition) is 8. The van der Waals surface area contributed by atoms with Crippen LogP contribution in [0.1, 0.15) is 31.2 Å². The summed E-state index contributed by atoms with van der Waals surface area (Å²) in [7, 11) is 0. The predicted molar refractivity (Wildman–Crippen MR) is 133 cm³/mol. The molecule has 38 heavy (non-hydrogen) atoms. The number of hydrogen-bond donors (Lipinski definition) is 5. The number of aliphatic carboxylic acids is 5. The van der Waals surface area contributed by atoms with Gasteiger partial charge in [-0.3, -0.25) is 38.7 Å². The molecule has 5 N–H and O–H groups in total. The molecular formula is C25H35N3O10. The van der Waals surface area contributed by atoms with Crippen LogP contribution in [0.15, 0.2) is 30.3 Å². The summed E-state index contributed by atoms with van der Waals surface area (Å²) in [6.45, 7) is -2.71. The molecule has 0 unspecified atom stereocenters. The average molecular weight is 538 g/mol. The largest absolute Gasteiger partial charge is 0.480 e. The Morgan fingerprint density at radius 3 is 1.53 bits per heavy atom. The molecule has 1 aromatic carbocycles. The maximum atomic E-state index is 11.9. The Balaban J connectivity index is 2.47. The van der Waals surface area contributed by atoms with Crippen LogP contribution in [0.4, 0.5) is 0 Å². The first-order valence-electron chi connectivity index (χ1n) is 12.3. The molecule has 0 aromatic heterocycles. The minimum atomic E-state index is -1.24. The van der Waals surface area contributed by atoms with Crippen molar-refractivity contribution < 1.29 is 49.5 Å². The fourth-order valence-corrected chi connectivity index (χ4v) is 5.20. The second-order valence-electron chi connectivity index (χ2n) is 9.47. The molecule has 3 atom stereocenters. The standard InChI is InChI=1S/C25H35N3O10/c29-21(30)12-26(13-22(31)32)18(10-17-6-2-1-3-7-17)11-27(14-23(33)34)19-8-4-5-9-20(19)28(15-24(35)36)16-25(37)38/h1-3,6-7,18-20H,4-5,8-16H2,(H,29,30)(H,31,32)(H,33,34)(H,35,36)(H,37,38)/t18-,19+,20-/m0/s1. The van der Waals surface area contributed by atoms with Gasteiger partial charge in [-0.25, -0.2) is 0 Å². The number of rotatable bonds is 17. The van der Waals surface area contributed by atoms with Crippen LogP contribution < -0.4 is 0 Å². The van der Waals surface area contributed by atoms with Gasteiger partial charge in [0.2, 0.25) is 0 Å². The number of nitrogens with zero attached hydrogens (tertiary/aromatic N) is 3. The molecule has 0 bridgehead atoms. The van der Waals surface area contributed by atoms with Gasteiger partial charge in [0.05, 0.1) is 32.7 Å². The lowest BCUT2D eigenvalue weighted by molar-refractivity contribution is -0.146. The molecule has 0 saturated heterocycles. The predicted octanol–water partition coefficient (Wildman–Crippen LogP) is 0.238. The highest BCUT2D eigenvalue weighted by atomic mass is 16.4. The van der Waals surface area contributed by atoms with Gasteiger partial charge in [-0.2, -0.15) is 0 Å². The number of carboxylic acid groups (broad SMARTS) is 5. The Kier molecular flexibility index (Phi) is 12.1. The van der Waals surface area contributed by atoms with Crippen molar-refractivity contribution in [1.29, 1.82) is 0 Å². The highest BCUT2D eigenvalue weighted by Gasteiger charge is 2.38. The minimum absolute atomic E-state index is 0.0170. The van der Waals surface area contributed by atoms with Gasteiger partial charge in [-0.05, 0) is 24.8 Å². The van der Waals surface area contributed by atoms with Gasteiger partial charge in [-0.1, -0.05) is 43.2 Å². The third-order valence-electron chi connectivity index (χ3n) is 6.60. The quantitative estimate of drug-likeness (QED) is 0.181. The molecule has 210 valence electrons. The van der Waals surface area contributed by atoms with E-state index in [1.54, 1.807) is 35.2 Å². The lowest BCUT2D eigenvalue weighted by atomic mass is 9.87. The smallest absolute Gasteiger partial charge is 0.317 e. The van der Waals surface area contributed by atoms with Crippen molar-refractivity contribution in [2.75, 3.05) is 39.3 Å². The van der Waals surface area contributed by atoms with Gasteiger partial charge in [0.25, 0.3) is 0 Å².